The van der Waals surface area contributed by atoms with E-state index in [9.17, 15) is 44.1 Å². The molecular formula is C81H85N13O16. The molecule has 5 heterocycles. The minimum absolute atomic E-state index is 0.00627. The van der Waals surface area contributed by atoms with E-state index in [0.29, 0.717) is 50.5 Å². The summed E-state index contributed by atoms with van der Waals surface area (Å²) in [6, 6.07) is 29.4. The van der Waals surface area contributed by atoms with Crippen molar-refractivity contribution in [2.75, 3.05) is 6.54 Å². The Morgan fingerprint density at radius 3 is 1.58 bits per heavy atom. The number of aliphatic hydroxyl groups excluding tert-OH is 1. The van der Waals surface area contributed by atoms with Crippen LogP contribution in [0.25, 0.3) is 21.8 Å². The fourth-order valence-corrected chi connectivity index (χ4v) is 14.4. The average molecular weight is 1500 g/mol. The van der Waals surface area contributed by atoms with Gasteiger partial charge < -0.3 is 94.1 Å². The van der Waals surface area contributed by atoms with Gasteiger partial charge in [0.1, 0.15) is 71.3 Å². The molecule has 3 aliphatic heterocycles. The second-order valence-electron chi connectivity index (χ2n) is 27.7. The van der Waals surface area contributed by atoms with Gasteiger partial charge in [0, 0.05) is 101 Å². The first kappa shape index (κ1) is 76.7. The minimum Gasteiger partial charge on any atom is -0.508 e. The molecule has 29 heteroatoms. The predicted molar refractivity (Wildman–Crippen MR) is 402 cm³/mol. The molecule has 0 saturated carbocycles. The molecule has 10 amide bonds. The van der Waals surface area contributed by atoms with Crippen molar-refractivity contribution in [3.8, 4) is 23.0 Å². The Kier molecular flexibility index (Phi) is 23.7. The van der Waals surface area contributed by atoms with Gasteiger partial charge in [-0.15, -0.1) is 0 Å². The molecule has 3 unspecified atom stereocenters. The first-order valence-corrected chi connectivity index (χ1v) is 36.3. The molecule has 10 atom stereocenters. The SMILES string of the molecule is CC1NC(=O)CCCC(C(N)=O)NC(=O)[C@H](Cc2ccccc2)NC(=O)[C@H]([C@@H](C)O)NC(=O)[C@H](CCCCN)NC(=O)[C@@H](Cc2c[nH]c3ccccc23)NC(=O)[C@H](Cc2c[nH]c3ccccc23)NC(=O)[C@H](Cc2ccccc2)NC(=O)C1NC(=O)c1cccc2c1C1(OC2=O)c2ccc(O)cc2Oc2cc(O)ccc21. The lowest BCUT2D eigenvalue weighted by atomic mass is 9.75. The number of hydrogen-bond acceptors (Lipinski definition) is 17. The van der Waals surface area contributed by atoms with Gasteiger partial charge in [-0.1, -0.05) is 103 Å². The van der Waals surface area contributed by atoms with Gasteiger partial charge in [-0.25, -0.2) is 4.79 Å². The third-order valence-corrected chi connectivity index (χ3v) is 20.0. The zero-order chi connectivity index (χ0) is 77.9. The summed E-state index contributed by atoms with van der Waals surface area (Å²) in [6.45, 7) is 2.82. The number of aromatic nitrogens is 2. The molecule has 29 nitrogen and oxygen atoms in total. The fourth-order valence-electron chi connectivity index (χ4n) is 14.4. The third kappa shape index (κ3) is 17.2. The number of primary amides is 1. The number of esters is 1. The second kappa shape index (κ2) is 33.9. The first-order valence-electron chi connectivity index (χ1n) is 36.3. The van der Waals surface area contributed by atoms with E-state index in [4.69, 9.17) is 20.9 Å². The van der Waals surface area contributed by atoms with Crippen LogP contribution in [0.4, 0.5) is 0 Å². The molecule has 0 bridgehead atoms. The number of phenols is 2. The van der Waals surface area contributed by atoms with Gasteiger partial charge in [-0.3, -0.25) is 47.9 Å². The molecule has 18 N–H and O–H groups in total. The monoisotopic (exact) mass is 1500 g/mol. The first-order chi connectivity index (χ1) is 53.0. The van der Waals surface area contributed by atoms with Gasteiger partial charge in [0.25, 0.3) is 5.91 Å². The van der Waals surface area contributed by atoms with Gasteiger partial charge in [0.05, 0.1) is 17.7 Å². The molecule has 1 fully saturated rings. The minimum atomic E-state index is -2.00. The molecule has 12 rings (SSSR count). The van der Waals surface area contributed by atoms with Crippen LogP contribution in [0.5, 0.6) is 23.0 Å². The van der Waals surface area contributed by atoms with E-state index in [-0.39, 0.29) is 109 Å². The number of carbonyl (C=O) groups is 11. The summed E-state index contributed by atoms with van der Waals surface area (Å²) >= 11 is 0. The highest BCUT2D eigenvalue weighted by molar-refractivity contribution is 6.07. The number of nitrogens with two attached hydrogens (primary N) is 2. The van der Waals surface area contributed by atoms with Crippen LogP contribution in [0.3, 0.4) is 0 Å². The number of benzene rings is 7. The average Bonchev–Trinajstić information content (AvgIpc) is 1.50. The van der Waals surface area contributed by atoms with Crippen molar-refractivity contribution in [1.82, 2.24) is 57.8 Å². The topological polar surface area (TPSA) is 459 Å². The largest absolute Gasteiger partial charge is 0.508 e. The Hall–Kier alpha value is -12.9. The van der Waals surface area contributed by atoms with E-state index in [1.54, 1.807) is 109 Å². The lowest BCUT2D eigenvalue weighted by Crippen LogP contribution is -2.63. The normalized spacial score (nSPS) is 21.9. The van der Waals surface area contributed by atoms with Crippen LogP contribution in [0.1, 0.15) is 112 Å². The molecule has 9 aromatic rings. The summed E-state index contributed by atoms with van der Waals surface area (Å²) in [7, 11) is 0. The Morgan fingerprint density at radius 1 is 0.555 bits per heavy atom. The van der Waals surface area contributed by atoms with Crippen LogP contribution in [0.2, 0.25) is 0 Å². The summed E-state index contributed by atoms with van der Waals surface area (Å²) in [5, 5.41) is 58.8. The van der Waals surface area contributed by atoms with Crippen molar-refractivity contribution in [2.45, 2.75) is 144 Å². The number of aromatic amines is 2. The van der Waals surface area contributed by atoms with E-state index in [0.717, 1.165) is 0 Å². The number of ether oxygens (including phenoxy) is 2. The summed E-state index contributed by atoms with van der Waals surface area (Å²) in [4.78, 5) is 171. The molecule has 0 aliphatic carbocycles. The number of fused-ring (bicyclic) bond motifs is 8. The van der Waals surface area contributed by atoms with Gasteiger partial charge in [-0.05, 0) is 123 Å². The maximum Gasteiger partial charge on any atom is 0.340 e. The van der Waals surface area contributed by atoms with Gasteiger partial charge in [0.15, 0.2) is 5.60 Å². The van der Waals surface area contributed by atoms with E-state index in [1.165, 1.54) is 68.4 Å². The van der Waals surface area contributed by atoms with Crippen LogP contribution >= 0.6 is 0 Å². The van der Waals surface area contributed by atoms with Crippen LogP contribution in [-0.4, -0.2) is 157 Å². The quantitative estimate of drug-likeness (QED) is 0.0483. The van der Waals surface area contributed by atoms with Gasteiger partial charge in [0.2, 0.25) is 53.2 Å². The van der Waals surface area contributed by atoms with E-state index in [2.05, 4.69) is 57.8 Å². The summed E-state index contributed by atoms with van der Waals surface area (Å²) in [5.74, 6) is -10.9. The zero-order valence-corrected chi connectivity index (χ0v) is 60.1. The number of rotatable bonds is 16. The number of H-pyrrole nitrogens is 2. The number of aromatic hydroxyl groups is 2. The maximum atomic E-state index is 15.8. The van der Waals surface area contributed by atoms with Crippen LogP contribution < -0.4 is 64.1 Å². The summed E-state index contributed by atoms with van der Waals surface area (Å²) < 4.78 is 12.5. The lowest BCUT2D eigenvalue weighted by molar-refractivity contribution is -0.137. The molecule has 1 spiro atoms. The number of aliphatic hydroxyl groups is 1. The van der Waals surface area contributed by atoms with E-state index < -0.39 is 138 Å². The Labute approximate surface area is 630 Å². The van der Waals surface area contributed by atoms with Gasteiger partial charge >= 0.3 is 5.97 Å². The number of phenolic OH excluding ortho intramolecular Hbond substituents is 2. The third-order valence-electron chi connectivity index (χ3n) is 20.0. The Morgan fingerprint density at radius 2 is 1.05 bits per heavy atom. The number of amides is 10. The summed E-state index contributed by atoms with van der Waals surface area (Å²) in [5.41, 5.74) is 13.3. The van der Waals surface area contributed by atoms with Crippen LogP contribution in [0.15, 0.2) is 176 Å². The molecule has 110 heavy (non-hydrogen) atoms. The van der Waals surface area contributed by atoms with E-state index in [1.807, 2.05) is 12.1 Å². The number of para-hydroxylation sites is 2. The molecule has 570 valence electrons. The Bertz CT molecular complexity index is 4940. The number of carbonyl (C=O) groups excluding carboxylic acids is 11. The van der Waals surface area contributed by atoms with E-state index >= 15 is 24.0 Å². The van der Waals surface area contributed by atoms with Crippen molar-refractivity contribution >= 4 is 86.8 Å². The van der Waals surface area contributed by atoms with Crippen molar-refractivity contribution in [2.24, 2.45) is 11.5 Å². The summed E-state index contributed by atoms with van der Waals surface area (Å²) in [6.07, 6.45) is 0.495. The Balaban J connectivity index is 0.949. The maximum absolute atomic E-state index is 15.8. The van der Waals surface area contributed by atoms with Crippen molar-refractivity contribution in [1.29, 1.82) is 0 Å². The van der Waals surface area contributed by atoms with Crippen molar-refractivity contribution in [3.05, 3.63) is 226 Å². The number of nitrogens with one attached hydrogen (secondary N) is 11. The highest BCUT2D eigenvalue weighted by atomic mass is 16.6. The van der Waals surface area contributed by atoms with Crippen molar-refractivity contribution < 1.29 is 77.5 Å². The van der Waals surface area contributed by atoms with Crippen molar-refractivity contribution in [3.63, 3.8) is 0 Å². The molecule has 3 aliphatic rings. The predicted octanol–water partition coefficient (Wildman–Crippen LogP) is 3.77. The number of unbranched alkanes of at least 4 members (excludes halogenated alkanes) is 1. The smallest absolute Gasteiger partial charge is 0.340 e. The molecule has 0 radical (unpaired) electrons. The standard InChI is InChI=1S/C81H85N13O16/c1-43-69(93-72(100)53-23-15-24-54-68(53)81(110-80(54)108)55-32-30-49(96)39-65(55)109-66-40-50(97)31-33-56(66)81)78(106)91-62(36-46-19-7-4-8-20-46)75(103)89-64(38-48-42-85-58-26-12-10-22-52(48)58)77(105)90-63(37-47-41-84-57-25-11-9-21-51(47)57)76(104)88-60(27-13-14-34-82)73(101)94-70(44(2)95)79(107)92-61(35-45-17-5-3-6-18-45)74(102)87-59(71(83)99)28-16-29-67(98)86-43/h3-12,15,17-26,30-33,39-44,59-64,69-70,84-85,95-97H,13-14,16,27-29,34-38,82H2,1-2H3,(H2,83,99)(H,86,98)(H,87,102)(H,88,104)(H,89,103)(H,90,105)(H,91,106)(H,92,107)(H,93,100)(H,94,101)/t43?,44-,59?,60+,61+,62+,63-,64+,69?,70+/m1/s1. The zero-order valence-electron chi connectivity index (χ0n) is 60.1. The number of hydrogen-bond donors (Lipinski definition) is 16. The van der Waals surface area contributed by atoms with Crippen LogP contribution in [-0.2, 0) is 79.2 Å². The molecule has 2 aromatic heterocycles. The fraction of sp³-hybridized carbons (Fsp3) is 0.296. The van der Waals surface area contributed by atoms with Crippen LogP contribution in [0, 0.1) is 0 Å². The second-order valence-corrected chi connectivity index (χ2v) is 27.7. The lowest BCUT2D eigenvalue weighted by Gasteiger charge is -2.37. The molecular weight excluding hydrogens is 1410 g/mol. The van der Waals surface area contributed by atoms with Gasteiger partial charge in [-0.2, -0.15) is 0 Å². The highest BCUT2D eigenvalue weighted by Crippen LogP contribution is 2.58. The molecule has 1 saturated heterocycles. The highest BCUT2D eigenvalue weighted by Gasteiger charge is 2.56. The molecule has 7 aromatic carbocycles.